The van der Waals surface area contributed by atoms with Gasteiger partial charge in [-0.3, -0.25) is 14.3 Å². The number of para-hydroxylation sites is 1. The van der Waals surface area contributed by atoms with Gasteiger partial charge in [0.05, 0.1) is 11.3 Å². The molecule has 0 spiro atoms. The maximum Gasteiger partial charge on any atom is 0.200 e. The average molecular weight is 285 g/mol. The Hall–Kier alpha value is -2.21. The molecule has 0 aliphatic rings. The summed E-state index contributed by atoms with van der Waals surface area (Å²) >= 11 is 5.36. The second-order valence-electron chi connectivity index (χ2n) is 4.54. The molecule has 0 bridgehead atoms. The first-order chi connectivity index (χ1) is 9.70. The number of hydrogen-bond donors (Lipinski definition) is 1. The van der Waals surface area contributed by atoms with Crippen LogP contribution in [0.3, 0.4) is 0 Å². The molecule has 0 atom stereocenters. The van der Waals surface area contributed by atoms with Gasteiger partial charge in [-0.15, -0.1) is 0 Å². The topological polar surface area (TPSA) is 51.4 Å². The van der Waals surface area contributed by atoms with Crippen molar-refractivity contribution in [3.63, 3.8) is 0 Å². The Morgan fingerprint density at radius 2 is 2.00 bits per heavy atom. The number of aryl methyl sites for hydroxylation is 2. The molecule has 0 aliphatic carbocycles. The van der Waals surface area contributed by atoms with E-state index in [1.54, 1.807) is 4.68 Å². The van der Waals surface area contributed by atoms with Crippen LogP contribution in [0.2, 0.25) is 0 Å². The van der Waals surface area contributed by atoms with E-state index in [0.29, 0.717) is 4.77 Å². The number of H-pyrrole nitrogens is 1. The van der Waals surface area contributed by atoms with E-state index in [1.165, 1.54) is 0 Å². The molecule has 0 radical (unpaired) electrons. The highest BCUT2D eigenvalue weighted by molar-refractivity contribution is 7.71. The van der Waals surface area contributed by atoms with Gasteiger partial charge in [0.1, 0.15) is 0 Å². The molecule has 6 heteroatoms. The van der Waals surface area contributed by atoms with Crippen LogP contribution in [0.15, 0.2) is 36.5 Å². The Morgan fingerprint density at radius 1 is 1.25 bits per heavy atom. The van der Waals surface area contributed by atoms with Crippen molar-refractivity contribution in [3.8, 4) is 17.1 Å². The summed E-state index contributed by atoms with van der Waals surface area (Å²) in [5.74, 6) is 0.797. The molecule has 2 aromatic heterocycles. The SMILES string of the molecule is CCc1nn(C)cc1-c1n[nH]c(=S)n1-c1ccccc1. The van der Waals surface area contributed by atoms with Crippen LogP contribution in [0, 0.1) is 4.77 Å². The third kappa shape index (κ3) is 2.08. The lowest BCUT2D eigenvalue weighted by Crippen LogP contribution is -1.98. The summed E-state index contributed by atoms with van der Waals surface area (Å²) in [4.78, 5) is 0. The van der Waals surface area contributed by atoms with Crippen LogP contribution < -0.4 is 0 Å². The standard InChI is InChI=1S/C14H15N5S/c1-3-12-11(9-18(2)17-12)13-15-16-14(20)19(13)10-7-5-4-6-8-10/h4-9H,3H2,1-2H3,(H,16,20). The molecule has 1 N–H and O–H groups in total. The normalized spacial score (nSPS) is 10.9. The zero-order chi connectivity index (χ0) is 14.1. The first-order valence-electron chi connectivity index (χ1n) is 6.46. The molecule has 102 valence electrons. The van der Waals surface area contributed by atoms with Crippen molar-refractivity contribution in [1.29, 1.82) is 0 Å². The monoisotopic (exact) mass is 285 g/mol. The van der Waals surface area contributed by atoms with E-state index >= 15 is 0 Å². The summed E-state index contributed by atoms with van der Waals surface area (Å²) in [5, 5.41) is 11.7. The summed E-state index contributed by atoms with van der Waals surface area (Å²) in [7, 11) is 1.91. The van der Waals surface area contributed by atoms with E-state index in [2.05, 4.69) is 22.2 Å². The van der Waals surface area contributed by atoms with Gasteiger partial charge in [-0.2, -0.15) is 10.2 Å². The summed E-state index contributed by atoms with van der Waals surface area (Å²) in [6.45, 7) is 2.08. The molecule has 1 aromatic carbocycles. The second-order valence-corrected chi connectivity index (χ2v) is 4.93. The number of rotatable bonds is 3. The molecule has 20 heavy (non-hydrogen) atoms. The van der Waals surface area contributed by atoms with E-state index in [0.717, 1.165) is 29.2 Å². The highest BCUT2D eigenvalue weighted by Crippen LogP contribution is 2.24. The molecular weight excluding hydrogens is 270 g/mol. The lowest BCUT2D eigenvalue weighted by molar-refractivity contribution is 0.746. The highest BCUT2D eigenvalue weighted by atomic mass is 32.1. The Bertz CT molecular complexity index is 782. The smallest absolute Gasteiger partial charge is 0.200 e. The molecule has 3 aromatic rings. The number of aromatic nitrogens is 5. The number of nitrogens with zero attached hydrogens (tertiary/aromatic N) is 4. The molecule has 2 heterocycles. The number of hydrogen-bond acceptors (Lipinski definition) is 3. The Labute approximate surface area is 121 Å². The van der Waals surface area contributed by atoms with Gasteiger partial charge in [0.2, 0.25) is 0 Å². The number of aromatic amines is 1. The molecule has 0 saturated carbocycles. The van der Waals surface area contributed by atoms with Crippen LogP contribution in [-0.2, 0) is 13.5 Å². The maximum absolute atomic E-state index is 5.36. The first-order valence-corrected chi connectivity index (χ1v) is 6.87. The van der Waals surface area contributed by atoms with Crippen molar-refractivity contribution in [1.82, 2.24) is 24.5 Å². The molecule has 0 fully saturated rings. The Kier molecular flexibility index (Phi) is 3.23. The molecule has 0 aliphatic heterocycles. The fraction of sp³-hybridized carbons (Fsp3) is 0.214. The largest absolute Gasteiger partial charge is 0.275 e. The molecule has 5 nitrogen and oxygen atoms in total. The van der Waals surface area contributed by atoms with Gasteiger partial charge in [-0.05, 0) is 30.8 Å². The molecule has 0 amide bonds. The van der Waals surface area contributed by atoms with Gasteiger partial charge in [-0.1, -0.05) is 25.1 Å². The second kappa shape index (κ2) is 5.05. The fourth-order valence-corrected chi connectivity index (χ4v) is 2.51. The minimum Gasteiger partial charge on any atom is -0.275 e. The van der Waals surface area contributed by atoms with E-state index in [-0.39, 0.29) is 0 Å². The third-order valence-corrected chi connectivity index (χ3v) is 3.44. The van der Waals surface area contributed by atoms with Crippen molar-refractivity contribution in [2.45, 2.75) is 13.3 Å². The van der Waals surface area contributed by atoms with Gasteiger partial charge >= 0.3 is 0 Å². The molecule has 3 rings (SSSR count). The maximum atomic E-state index is 5.36. The highest BCUT2D eigenvalue weighted by Gasteiger charge is 2.16. The molecular formula is C14H15N5S. The zero-order valence-corrected chi connectivity index (χ0v) is 12.2. The van der Waals surface area contributed by atoms with Crippen molar-refractivity contribution in [2.24, 2.45) is 7.05 Å². The van der Waals surface area contributed by atoms with E-state index in [4.69, 9.17) is 12.2 Å². The predicted octanol–water partition coefficient (Wildman–Crippen LogP) is 2.89. The van der Waals surface area contributed by atoms with Crippen molar-refractivity contribution in [2.75, 3.05) is 0 Å². The van der Waals surface area contributed by atoms with Gasteiger partial charge in [0.25, 0.3) is 0 Å². The van der Waals surface area contributed by atoms with Crippen molar-refractivity contribution in [3.05, 3.63) is 47.0 Å². The van der Waals surface area contributed by atoms with E-state index in [1.807, 2.05) is 48.1 Å². The first kappa shape index (κ1) is 12.8. The lowest BCUT2D eigenvalue weighted by atomic mass is 10.2. The number of nitrogens with one attached hydrogen (secondary N) is 1. The zero-order valence-electron chi connectivity index (χ0n) is 11.4. The number of benzene rings is 1. The minimum absolute atomic E-state index is 0.581. The van der Waals surface area contributed by atoms with E-state index in [9.17, 15) is 0 Å². The summed E-state index contributed by atoms with van der Waals surface area (Å²) < 4.78 is 4.32. The van der Waals surface area contributed by atoms with Crippen LogP contribution in [0.25, 0.3) is 17.1 Å². The lowest BCUT2D eigenvalue weighted by Gasteiger charge is -2.06. The van der Waals surface area contributed by atoms with Crippen LogP contribution in [0.4, 0.5) is 0 Å². The van der Waals surface area contributed by atoms with Crippen LogP contribution in [0.5, 0.6) is 0 Å². The molecule has 0 saturated heterocycles. The van der Waals surface area contributed by atoms with Gasteiger partial charge in [0.15, 0.2) is 10.6 Å². The summed E-state index contributed by atoms with van der Waals surface area (Å²) in [6.07, 6.45) is 2.83. The minimum atomic E-state index is 0.581. The Balaban J connectivity index is 2.24. The Morgan fingerprint density at radius 3 is 2.70 bits per heavy atom. The van der Waals surface area contributed by atoms with Gasteiger partial charge in [-0.25, -0.2) is 0 Å². The summed E-state index contributed by atoms with van der Waals surface area (Å²) in [5.41, 5.74) is 3.01. The predicted molar refractivity (Wildman–Crippen MR) is 80.3 cm³/mol. The van der Waals surface area contributed by atoms with Crippen molar-refractivity contribution >= 4 is 12.2 Å². The van der Waals surface area contributed by atoms with Crippen molar-refractivity contribution < 1.29 is 0 Å². The van der Waals surface area contributed by atoms with E-state index < -0.39 is 0 Å². The fourth-order valence-electron chi connectivity index (χ4n) is 2.28. The van der Waals surface area contributed by atoms with Gasteiger partial charge < -0.3 is 0 Å². The molecule has 0 unspecified atom stereocenters. The van der Waals surface area contributed by atoms with Crippen LogP contribution >= 0.6 is 12.2 Å². The van der Waals surface area contributed by atoms with Crippen LogP contribution in [-0.4, -0.2) is 24.5 Å². The van der Waals surface area contributed by atoms with Gasteiger partial charge in [0, 0.05) is 18.9 Å². The quantitative estimate of drug-likeness (QED) is 0.753. The average Bonchev–Trinajstić information content (AvgIpc) is 3.02. The third-order valence-electron chi connectivity index (χ3n) is 3.17. The van der Waals surface area contributed by atoms with Crippen LogP contribution in [0.1, 0.15) is 12.6 Å². The summed E-state index contributed by atoms with van der Waals surface area (Å²) in [6, 6.07) is 9.97.